The maximum Gasteiger partial charge on any atom is 0.257 e. The number of piperidine rings is 1. The van der Waals surface area contributed by atoms with Crippen molar-refractivity contribution in [2.24, 2.45) is 5.92 Å². The summed E-state index contributed by atoms with van der Waals surface area (Å²) in [5, 5.41) is 0. The Morgan fingerprint density at radius 1 is 1.30 bits per heavy atom. The summed E-state index contributed by atoms with van der Waals surface area (Å²) in [6.45, 7) is 5.60. The summed E-state index contributed by atoms with van der Waals surface area (Å²) in [4.78, 5) is 21.2. The zero-order valence-corrected chi connectivity index (χ0v) is 13.3. The molecule has 0 aromatic carbocycles. The zero-order chi connectivity index (χ0) is 15.8. The maximum absolute atomic E-state index is 12.7. The van der Waals surface area contributed by atoms with Gasteiger partial charge in [0.1, 0.15) is 5.76 Å². The Hall–Kier alpha value is -2.14. The molecule has 23 heavy (non-hydrogen) atoms. The van der Waals surface area contributed by atoms with Crippen molar-refractivity contribution in [2.45, 2.75) is 25.9 Å². The van der Waals surface area contributed by atoms with Gasteiger partial charge in [-0.1, -0.05) is 0 Å². The number of pyridine rings is 1. The molecule has 2 aromatic rings. The predicted octanol–water partition coefficient (Wildman–Crippen LogP) is 2.33. The lowest BCUT2D eigenvalue weighted by Gasteiger charge is -2.53. The third-order valence-corrected chi connectivity index (χ3v) is 5.17. The van der Waals surface area contributed by atoms with Gasteiger partial charge in [0.2, 0.25) is 0 Å². The number of hydrogen-bond acceptors (Lipinski definition) is 4. The smallest absolute Gasteiger partial charge is 0.257 e. The van der Waals surface area contributed by atoms with Crippen LogP contribution in [0.4, 0.5) is 0 Å². The van der Waals surface area contributed by atoms with Crippen LogP contribution in [0.15, 0.2) is 41.3 Å². The second-order valence-electron chi connectivity index (χ2n) is 6.54. The molecule has 2 aliphatic heterocycles. The number of carbonyl (C=O) groups is 1. The fourth-order valence-corrected chi connectivity index (χ4v) is 3.77. The van der Waals surface area contributed by atoms with Crippen molar-refractivity contribution in [2.75, 3.05) is 19.6 Å². The van der Waals surface area contributed by atoms with Crippen molar-refractivity contribution >= 4 is 5.91 Å². The molecule has 2 aromatic heterocycles. The van der Waals surface area contributed by atoms with Crippen LogP contribution >= 0.6 is 0 Å². The summed E-state index contributed by atoms with van der Waals surface area (Å²) in [6.07, 6.45) is 6.37. The predicted molar refractivity (Wildman–Crippen MR) is 85.9 cm³/mol. The molecular formula is C18H21N3O2. The summed E-state index contributed by atoms with van der Waals surface area (Å²) < 4.78 is 5.27. The van der Waals surface area contributed by atoms with E-state index in [1.54, 1.807) is 12.3 Å². The standard InChI is InChI=1S/C18H21N3O2/c1-13-16(5-9-23-13)18(22)20-8-4-15-11-21(17(15)12-20)10-14-2-6-19-7-3-14/h2-3,5-7,9,15,17H,4,8,10-12H2,1H3/t15-,17-/m1/s1. The topological polar surface area (TPSA) is 49.6 Å². The number of fused-ring (bicyclic) bond motifs is 1. The van der Waals surface area contributed by atoms with E-state index in [1.165, 1.54) is 5.56 Å². The molecular weight excluding hydrogens is 290 g/mol. The van der Waals surface area contributed by atoms with Gasteiger partial charge in [0.25, 0.3) is 5.91 Å². The number of hydrogen-bond donors (Lipinski definition) is 0. The molecule has 5 heteroatoms. The Morgan fingerprint density at radius 3 is 2.87 bits per heavy atom. The lowest BCUT2D eigenvalue weighted by molar-refractivity contribution is -0.0427. The van der Waals surface area contributed by atoms with Gasteiger partial charge in [-0.25, -0.2) is 0 Å². The number of furan rings is 1. The van der Waals surface area contributed by atoms with E-state index in [0.717, 1.165) is 38.5 Å². The van der Waals surface area contributed by atoms with E-state index in [0.29, 0.717) is 17.4 Å². The average Bonchev–Trinajstić information content (AvgIpc) is 2.99. The monoisotopic (exact) mass is 311 g/mol. The van der Waals surface area contributed by atoms with E-state index in [2.05, 4.69) is 22.0 Å². The Balaban J connectivity index is 1.42. The van der Waals surface area contributed by atoms with Gasteiger partial charge in [-0.05, 0) is 43.0 Å². The van der Waals surface area contributed by atoms with E-state index in [1.807, 2.05) is 24.2 Å². The first kappa shape index (κ1) is 14.5. The number of rotatable bonds is 3. The molecule has 0 aliphatic carbocycles. The van der Waals surface area contributed by atoms with Crippen molar-refractivity contribution in [1.82, 2.24) is 14.8 Å². The quantitative estimate of drug-likeness (QED) is 0.873. The van der Waals surface area contributed by atoms with Gasteiger partial charge < -0.3 is 9.32 Å². The molecule has 4 rings (SSSR count). The van der Waals surface area contributed by atoms with Crippen molar-refractivity contribution in [1.29, 1.82) is 0 Å². The van der Waals surface area contributed by atoms with Gasteiger partial charge in [-0.3, -0.25) is 14.7 Å². The van der Waals surface area contributed by atoms with Crippen LogP contribution in [0.1, 0.15) is 28.1 Å². The third kappa shape index (κ3) is 2.65. The zero-order valence-electron chi connectivity index (χ0n) is 13.3. The maximum atomic E-state index is 12.7. The van der Waals surface area contributed by atoms with Crippen LogP contribution in [0, 0.1) is 12.8 Å². The fourth-order valence-electron chi connectivity index (χ4n) is 3.77. The molecule has 1 amide bonds. The van der Waals surface area contributed by atoms with Gasteiger partial charge in [-0.15, -0.1) is 0 Å². The molecule has 2 fully saturated rings. The largest absolute Gasteiger partial charge is 0.469 e. The Kier molecular flexibility index (Phi) is 3.65. The Morgan fingerprint density at radius 2 is 2.13 bits per heavy atom. The molecule has 2 saturated heterocycles. The van der Waals surface area contributed by atoms with Gasteiger partial charge in [0.15, 0.2) is 0 Å². The Labute approximate surface area is 135 Å². The summed E-state index contributed by atoms with van der Waals surface area (Å²) >= 11 is 0. The highest BCUT2D eigenvalue weighted by atomic mass is 16.3. The first-order chi connectivity index (χ1) is 11.2. The number of carbonyl (C=O) groups excluding carboxylic acids is 1. The summed E-state index contributed by atoms with van der Waals surface area (Å²) in [6, 6.07) is 6.38. The molecule has 0 N–H and O–H groups in total. The average molecular weight is 311 g/mol. The number of aromatic nitrogens is 1. The van der Waals surface area contributed by atoms with Crippen LogP contribution in [0.3, 0.4) is 0 Å². The lowest BCUT2D eigenvalue weighted by Crippen LogP contribution is -2.64. The molecule has 0 saturated carbocycles. The molecule has 0 radical (unpaired) electrons. The molecule has 5 nitrogen and oxygen atoms in total. The number of likely N-dealkylation sites (tertiary alicyclic amines) is 2. The van der Waals surface area contributed by atoms with Gasteiger partial charge in [0, 0.05) is 44.6 Å². The van der Waals surface area contributed by atoms with Gasteiger partial charge in [0.05, 0.1) is 11.8 Å². The molecule has 0 unspecified atom stereocenters. The highest BCUT2D eigenvalue weighted by molar-refractivity contribution is 5.95. The van der Waals surface area contributed by atoms with E-state index < -0.39 is 0 Å². The summed E-state index contributed by atoms with van der Waals surface area (Å²) in [5.74, 6) is 1.54. The Bertz CT molecular complexity index is 697. The second kappa shape index (κ2) is 5.81. The number of aryl methyl sites for hydroxylation is 1. The van der Waals surface area contributed by atoms with E-state index in [4.69, 9.17) is 4.42 Å². The molecule has 2 aliphatic rings. The highest BCUT2D eigenvalue weighted by Crippen LogP contribution is 2.34. The van der Waals surface area contributed by atoms with Crippen LogP contribution in [0.5, 0.6) is 0 Å². The summed E-state index contributed by atoms with van der Waals surface area (Å²) in [7, 11) is 0. The molecule has 2 atom stereocenters. The fraction of sp³-hybridized carbons (Fsp3) is 0.444. The van der Waals surface area contributed by atoms with Crippen LogP contribution in [-0.2, 0) is 6.54 Å². The van der Waals surface area contributed by atoms with Gasteiger partial charge in [-0.2, -0.15) is 0 Å². The lowest BCUT2D eigenvalue weighted by atomic mass is 9.82. The van der Waals surface area contributed by atoms with Crippen molar-refractivity contribution in [3.63, 3.8) is 0 Å². The first-order valence-electron chi connectivity index (χ1n) is 8.18. The van der Waals surface area contributed by atoms with Crippen molar-refractivity contribution in [3.05, 3.63) is 53.7 Å². The van der Waals surface area contributed by atoms with Gasteiger partial charge >= 0.3 is 0 Å². The minimum atomic E-state index is 0.102. The van der Waals surface area contributed by atoms with Crippen LogP contribution < -0.4 is 0 Å². The molecule has 0 spiro atoms. The second-order valence-corrected chi connectivity index (χ2v) is 6.54. The highest BCUT2D eigenvalue weighted by Gasteiger charge is 2.43. The van der Waals surface area contributed by atoms with E-state index in [-0.39, 0.29) is 5.91 Å². The van der Waals surface area contributed by atoms with Crippen LogP contribution in [-0.4, -0.2) is 46.4 Å². The minimum absolute atomic E-state index is 0.102. The third-order valence-electron chi connectivity index (χ3n) is 5.17. The van der Waals surface area contributed by atoms with Crippen molar-refractivity contribution in [3.8, 4) is 0 Å². The molecule has 0 bridgehead atoms. The normalized spacial score (nSPS) is 24.1. The van der Waals surface area contributed by atoms with Crippen molar-refractivity contribution < 1.29 is 9.21 Å². The van der Waals surface area contributed by atoms with Crippen LogP contribution in [0.25, 0.3) is 0 Å². The minimum Gasteiger partial charge on any atom is -0.469 e. The van der Waals surface area contributed by atoms with Crippen LogP contribution in [0.2, 0.25) is 0 Å². The number of nitrogens with zero attached hydrogens (tertiary/aromatic N) is 3. The molecule has 120 valence electrons. The first-order valence-corrected chi connectivity index (χ1v) is 8.18. The SMILES string of the molecule is Cc1occc1C(=O)N1CC[C@@H]2CN(Cc3ccncc3)[C@@H]2C1. The number of amides is 1. The molecule has 4 heterocycles. The van der Waals surface area contributed by atoms with E-state index >= 15 is 0 Å². The summed E-state index contributed by atoms with van der Waals surface area (Å²) in [5.41, 5.74) is 1.98. The van der Waals surface area contributed by atoms with E-state index in [9.17, 15) is 4.79 Å².